The highest BCUT2D eigenvalue weighted by molar-refractivity contribution is 5.88. The van der Waals surface area contributed by atoms with Crippen LogP contribution < -0.4 is 5.32 Å². The SMILES string of the molecule is O=C(O)Nc1ccc2ncncc2c1. The first kappa shape index (κ1) is 8.43. The lowest BCUT2D eigenvalue weighted by atomic mass is 10.2. The Balaban J connectivity index is 2.46. The second kappa shape index (κ2) is 3.29. The van der Waals surface area contributed by atoms with E-state index in [2.05, 4.69) is 15.3 Å². The van der Waals surface area contributed by atoms with E-state index >= 15 is 0 Å². The van der Waals surface area contributed by atoms with Crippen molar-refractivity contribution in [2.24, 2.45) is 0 Å². The minimum Gasteiger partial charge on any atom is -0.465 e. The van der Waals surface area contributed by atoms with Gasteiger partial charge in [-0.05, 0) is 18.2 Å². The van der Waals surface area contributed by atoms with E-state index < -0.39 is 6.09 Å². The Morgan fingerprint density at radius 2 is 2.29 bits per heavy atom. The van der Waals surface area contributed by atoms with Gasteiger partial charge in [-0.1, -0.05) is 0 Å². The smallest absolute Gasteiger partial charge is 0.409 e. The summed E-state index contributed by atoms with van der Waals surface area (Å²) in [4.78, 5) is 18.2. The average Bonchev–Trinajstić information content (AvgIpc) is 2.17. The van der Waals surface area contributed by atoms with Gasteiger partial charge in [-0.2, -0.15) is 0 Å². The van der Waals surface area contributed by atoms with Crippen LogP contribution >= 0.6 is 0 Å². The highest BCUT2D eigenvalue weighted by Gasteiger charge is 1.99. The average molecular weight is 189 g/mol. The van der Waals surface area contributed by atoms with E-state index in [0.717, 1.165) is 10.9 Å². The predicted octanol–water partition coefficient (Wildman–Crippen LogP) is 1.72. The van der Waals surface area contributed by atoms with Crippen molar-refractivity contribution in [1.82, 2.24) is 9.97 Å². The Morgan fingerprint density at radius 3 is 3.07 bits per heavy atom. The molecular weight excluding hydrogens is 182 g/mol. The van der Waals surface area contributed by atoms with Crippen LogP contribution in [-0.4, -0.2) is 21.2 Å². The quantitative estimate of drug-likeness (QED) is 0.716. The van der Waals surface area contributed by atoms with Gasteiger partial charge in [-0.25, -0.2) is 14.8 Å². The number of nitrogens with one attached hydrogen (secondary N) is 1. The Bertz CT molecular complexity index is 484. The molecule has 2 aromatic rings. The Kier molecular flexibility index (Phi) is 1.98. The van der Waals surface area contributed by atoms with Gasteiger partial charge in [-0.3, -0.25) is 5.32 Å². The zero-order valence-electron chi connectivity index (χ0n) is 7.14. The second-order valence-electron chi connectivity index (χ2n) is 2.73. The van der Waals surface area contributed by atoms with Gasteiger partial charge in [0, 0.05) is 17.3 Å². The van der Waals surface area contributed by atoms with Crippen LogP contribution in [0.25, 0.3) is 10.9 Å². The van der Waals surface area contributed by atoms with Crippen molar-refractivity contribution in [1.29, 1.82) is 0 Å². The molecule has 70 valence electrons. The molecule has 1 aromatic heterocycles. The molecule has 2 rings (SSSR count). The maximum Gasteiger partial charge on any atom is 0.409 e. The predicted molar refractivity (Wildman–Crippen MR) is 51.2 cm³/mol. The fraction of sp³-hybridized carbons (Fsp3) is 0. The highest BCUT2D eigenvalue weighted by Crippen LogP contribution is 2.15. The minimum absolute atomic E-state index is 0.514. The van der Waals surface area contributed by atoms with Crippen LogP contribution in [0.5, 0.6) is 0 Å². The first-order valence-electron chi connectivity index (χ1n) is 3.95. The molecule has 0 fully saturated rings. The largest absolute Gasteiger partial charge is 0.465 e. The van der Waals surface area contributed by atoms with Crippen molar-refractivity contribution < 1.29 is 9.90 Å². The molecule has 0 saturated carbocycles. The normalized spacial score (nSPS) is 10.0. The fourth-order valence-electron chi connectivity index (χ4n) is 1.19. The molecule has 5 nitrogen and oxygen atoms in total. The van der Waals surface area contributed by atoms with E-state index in [0.29, 0.717) is 5.69 Å². The summed E-state index contributed by atoms with van der Waals surface area (Å²) in [6.45, 7) is 0. The van der Waals surface area contributed by atoms with Crippen molar-refractivity contribution >= 4 is 22.7 Å². The zero-order valence-corrected chi connectivity index (χ0v) is 7.14. The molecule has 0 atom stereocenters. The Labute approximate surface area is 79.4 Å². The van der Waals surface area contributed by atoms with Gasteiger partial charge in [-0.15, -0.1) is 0 Å². The molecule has 0 aliphatic rings. The van der Waals surface area contributed by atoms with Crippen LogP contribution in [0, 0.1) is 0 Å². The molecule has 0 aliphatic carbocycles. The summed E-state index contributed by atoms with van der Waals surface area (Å²) >= 11 is 0. The van der Waals surface area contributed by atoms with Crippen molar-refractivity contribution in [2.75, 3.05) is 5.32 Å². The standard InChI is InChI=1S/C9H7N3O2/c13-9(14)12-7-1-2-8-6(3-7)4-10-5-11-8/h1-5,12H,(H,13,14). The molecule has 0 bridgehead atoms. The third-order valence-electron chi connectivity index (χ3n) is 1.76. The van der Waals surface area contributed by atoms with Gasteiger partial charge >= 0.3 is 6.09 Å². The number of hydrogen-bond donors (Lipinski definition) is 2. The van der Waals surface area contributed by atoms with E-state index in [1.54, 1.807) is 24.4 Å². The van der Waals surface area contributed by atoms with E-state index in [1.165, 1.54) is 6.33 Å². The van der Waals surface area contributed by atoms with Crippen molar-refractivity contribution in [3.8, 4) is 0 Å². The molecule has 2 N–H and O–H groups in total. The Hall–Kier alpha value is -2.17. The summed E-state index contributed by atoms with van der Waals surface area (Å²) in [5, 5.41) is 11.6. The first-order chi connectivity index (χ1) is 6.75. The first-order valence-corrected chi connectivity index (χ1v) is 3.95. The summed E-state index contributed by atoms with van der Waals surface area (Å²) in [7, 11) is 0. The number of fused-ring (bicyclic) bond motifs is 1. The fourth-order valence-corrected chi connectivity index (χ4v) is 1.19. The van der Waals surface area contributed by atoms with Gasteiger partial charge in [0.05, 0.1) is 5.52 Å². The Morgan fingerprint density at radius 1 is 1.43 bits per heavy atom. The lowest BCUT2D eigenvalue weighted by molar-refractivity contribution is 0.210. The van der Waals surface area contributed by atoms with Gasteiger partial charge < -0.3 is 5.11 Å². The monoisotopic (exact) mass is 189 g/mol. The summed E-state index contributed by atoms with van der Waals surface area (Å²) < 4.78 is 0. The van der Waals surface area contributed by atoms with Crippen LogP contribution in [0.2, 0.25) is 0 Å². The number of carbonyl (C=O) groups is 1. The topological polar surface area (TPSA) is 75.1 Å². The maximum absolute atomic E-state index is 10.4. The molecule has 14 heavy (non-hydrogen) atoms. The molecule has 0 spiro atoms. The van der Waals surface area contributed by atoms with E-state index in [9.17, 15) is 4.79 Å². The molecule has 5 heteroatoms. The van der Waals surface area contributed by atoms with Crippen LogP contribution in [0.4, 0.5) is 10.5 Å². The number of anilines is 1. The van der Waals surface area contributed by atoms with Crippen molar-refractivity contribution in [3.63, 3.8) is 0 Å². The van der Waals surface area contributed by atoms with Crippen LogP contribution in [0.1, 0.15) is 0 Å². The summed E-state index contributed by atoms with van der Waals surface area (Å²) in [6, 6.07) is 5.08. The van der Waals surface area contributed by atoms with Gasteiger partial charge in [0.25, 0.3) is 0 Å². The molecule has 0 aliphatic heterocycles. The molecule has 1 aromatic carbocycles. The zero-order chi connectivity index (χ0) is 9.97. The molecule has 1 amide bonds. The van der Waals surface area contributed by atoms with Crippen molar-refractivity contribution in [2.45, 2.75) is 0 Å². The summed E-state index contributed by atoms with van der Waals surface area (Å²) in [6.07, 6.45) is 2.00. The number of hydrogen-bond acceptors (Lipinski definition) is 3. The number of benzene rings is 1. The number of carboxylic acid groups (broad SMARTS) is 1. The highest BCUT2D eigenvalue weighted by atomic mass is 16.4. The van der Waals surface area contributed by atoms with Crippen molar-refractivity contribution in [3.05, 3.63) is 30.7 Å². The van der Waals surface area contributed by atoms with E-state index in [4.69, 9.17) is 5.11 Å². The lowest BCUT2D eigenvalue weighted by Gasteiger charge is -2.01. The minimum atomic E-state index is -1.08. The van der Waals surface area contributed by atoms with Gasteiger partial charge in [0.1, 0.15) is 6.33 Å². The second-order valence-corrected chi connectivity index (χ2v) is 2.73. The third-order valence-corrected chi connectivity index (χ3v) is 1.76. The summed E-state index contributed by atoms with van der Waals surface area (Å²) in [5.74, 6) is 0. The molecular formula is C9H7N3O2. The lowest BCUT2D eigenvalue weighted by Crippen LogP contribution is -2.06. The van der Waals surface area contributed by atoms with Crippen LogP contribution in [0.3, 0.4) is 0 Å². The maximum atomic E-state index is 10.4. The number of nitrogens with zero attached hydrogens (tertiary/aromatic N) is 2. The third kappa shape index (κ3) is 1.61. The molecule has 0 unspecified atom stereocenters. The van der Waals surface area contributed by atoms with E-state index in [-0.39, 0.29) is 0 Å². The number of amides is 1. The van der Waals surface area contributed by atoms with Crippen LogP contribution in [0.15, 0.2) is 30.7 Å². The molecule has 0 radical (unpaired) electrons. The van der Waals surface area contributed by atoms with Crippen LogP contribution in [-0.2, 0) is 0 Å². The molecule has 0 saturated heterocycles. The number of aromatic nitrogens is 2. The summed E-state index contributed by atoms with van der Waals surface area (Å²) in [5.41, 5.74) is 1.30. The van der Waals surface area contributed by atoms with Gasteiger partial charge in [0.2, 0.25) is 0 Å². The van der Waals surface area contributed by atoms with E-state index in [1.807, 2.05) is 0 Å². The van der Waals surface area contributed by atoms with Gasteiger partial charge in [0.15, 0.2) is 0 Å². The number of rotatable bonds is 1. The molecule has 1 heterocycles.